The highest BCUT2D eigenvalue weighted by Gasteiger charge is 2.17. The predicted octanol–water partition coefficient (Wildman–Crippen LogP) is 3.29. The number of aromatic nitrogens is 2. The molecular weight excluding hydrogens is 304 g/mol. The van der Waals surface area contributed by atoms with Crippen LogP contribution in [0.5, 0.6) is 0 Å². The topological polar surface area (TPSA) is 74.5 Å². The second-order valence-electron chi connectivity index (χ2n) is 5.29. The van der Waals surface area contributed by atoms with E-state index >= 15 is 0 Å². The number of esters is 1. The summed E-state index contributed by atoms with van der Waals surface area (Å²) in [5.41, 5.74) is 0. The molecule has 22 heavy (non-hydrogen) atoms. The summed E-state index contributed by atoms with van der Waals surface area (Å²) in [4.78, 5) is 16.9. The lowest BCUT2D eigenvalue weighted by Crippen LogP contribution is -2.24. The molecule has 0 aliphatic carbocycles. The lowest BCUT2D eigenvalue weighted by atomic mass is 10.1. The molecule has 7 heteroatoms. The first kappa shape index (κ1) is 16.6. The van der Waals surface area contributed by atoms with E-state index in [2.05, 4.69) is 24.0 Å². The van der Waals surface area contributed by atoms with Gasteiger partial charge in [0, 0.05) is 6.61 Å². The molecule has 2 heterocycles. The second kappa shape index (κ2) is 8.05. The summed E-state index contributed by atoms with van der Waals surface area (Å²) in [5, 5.41) is 5.78. The number of hydrogen-bond donors (Lipinski definition) is 0. The molecular formula is C15H20N2O4S. The average molecular weight is 324 g/mol. The van der Waals surface area contributed by atoms with Crippen LogP contribution in [-0.4, -0.2) is 28.8 Å². The molecule has 1 unspecified atom stereocenters. The first-order valence-corrected chi connectivity index (χ1v) is 8.09. The first-order valence-electron chi connectivity index (χ1n) is 7.21. The maximum absolute atomic E-state index is 11.8. The minimum atomic E-state index is -0.599. The van der Waals surface area contributed by atoms with E-state index < -0.39 is 12.1 Å². The van der Waals surface area contributed by atoms with Gasteiger partial charge in [0.1, 0.15) is 0 Å². The first-order chi connectivity index (χ1) is 10.6. The molecule has 0 saturated heterocycles. The molecule has 0 aliphatic heterocycles. The van der Waals surface area contributed by atoms with Gasteiger partial charge < -0.3 is 14.0 Å². The Hall–Kier alpha value is -1.73. The molecule has 0 aliphatic rings. The number of thiophene rings is 1. The van der Waals surface area contributed by atoms with Crippen LogP contribution in [0.15, 0.2) is 22.0 Å². The molecule has 0 N–H and O–H groups in total. The average Bonchev–Trinajstić information content (AvgIpc) is 3.14. The predicted molar refractivity (Wildman–Crippen MR) is 82.3 cm³/mol. The van der Waals surface area contributed by atoms with Gasteiger partial charge in [-0.05, 0) is 30.7 Å². The van der Waals surface area contributed by atoms with Crippen LogP contribution in [0.3, 0.4) is 0 Å². The number of nitrogens with zero attached hydrogens (tertiary/aromatic N) is 2. The minimum absolute atomic E-state index is 0.0465. The second-order valence-corrected chi connectivity index (χ2v) is 6.24. The van der Waals surface area contributed by atoms with Crippen molar-refractivity contribution in [3.8, 4) is 10.7 Å². The van der Waals surface area contributed by atoms with E-state index in [0.29, 0.717) is 18.3 Å². The van der Waals surface area contributed by atoms with Crippen molar-refractivity contribution in [2.24, 2.45) is 5.92 Å². The van der Waals surface area contributed by atoms with Gasteiger partial charge in [-0.25, -0.2) is 4.79 Å². The smallest absolute Gasteiger partial charge is 0.335 e. The van der Waals surface area contributed by atoms with E-state index in [9.17, 15) is 4.79 Å². The third-order valence-electron chi connectivity index (χ3n) is 2.94. The van der Waals surface area contributed by atoms with Gasteiger partial charge >= 0.3 is 5.97 Å². The number of rotatable bonds is 8. The summed E-state index contributed by atoms with van der Waals surface area (Å²) >= 11 is 1.52. The van der Waals surface area contributed by atoms with Crippen LogP contribution in [0.4, 0.5) is 0 Å². The van der Waals surface area contributed by atoms with Gasteiger partial charge in [-0.15, -0.1) is 11.3 Å². The lowest BCUT2D eigenvalue weighted by Gasteiger charge is -2.12. The SMILES string of the molecule is CC(C)CCOC(C)C(=O)OCc1nc(-c2cccs2)no1. The maximum Gasteiger partial charge on any atom is 0.335 e. The summed E-state index contributed by atoms with van der Waals surface area (Å²) in [7, 11) is 0. The molecule has 0 radical (unpaired) electrons. The molecule has 0 bridgehead atoms. The van der Waals surface area contributed by atoms with E-state index in [4.69, 9.17) is 14.0 Å². The Morgan fingerprint density at radius 1 is 1.41 bits per heavy atom. The number of carbonyl (C=O) groups is 1. The van der Waals surface area contributed by atoms with Crippen molar-refractivity contribution in [1.29, 1.82) is 0 Å². The lowest BCUT2D eigenvalue weighted by molar-refractivity contribution is -0.158. The summed E-state index contributed by atoms with van der Waals surface area (Å²) in [6.07, 6.45) is 0.310. The highest BCUT2D eigenvalue weighted by atomic mass is 32.1. The van der Waals surface area contributed by atoms with E-state index in [1.54, 1.807) is 6.92 Å². The normalized spacial score (nSPS) is 12.5. The van der Waals surface area contributed by atoms with Gasteiger partial charge in [0.25, 0.3) is 5.89 Å². The van der Waals surface area contributed by atoms with Crippen molar-refractivity contribution in [3.05, 3.63) is 23.4 Å². The van der Waals surface area contributed by atoms with Crippen LogP contribution >= 0.6 is 11.3 Å². The molecule has 0 saturated carbocycles. The summed E-state index contributed by atoms with van der Waals surface area (Å²) in [6, 6.07) is 3.81. The van der Waals surface area contributed by atoms with Crippen molar-refractivity contribution < 1.29 is 18.8 Å². The summed E-state index contributed by atoms with van der Waals surface area (Å²) in [6.45, 7) is 6.37. The minimum Gasteiger partial charge on any atom is -0.454 e. The van der Waals surface area contributed by atoms with Crippen molar-refractivity contribution in [1.82, 2.24) is 10.1 Å². The maximum atomic E-state index is 11.8. The zero-order valence-electron chi connectivity index (χ0n) is 12.9. The van der Waals surface area contributed by atoms with E-state index in [1.807, 2.05) is 17.5 Å². The summed E-state index contributed by atoms with van der Waals surface area (Å²) in [5.74, 6) is 0.880. The molecule has 6 nitrogen and oxygen atoms in total. The van der Waals surface area contributed by atoms with Gasteiger partial charge in [-0.1, -0.05) is 25.1 Å². The zero-order valence-corrected chi connectivity index (χ0v) is 13.8. The van der Waals surface area contributed by atoms with Crippen molar-refractivity contribution in [3.63, 3.8) is 0 Å². The number of ether oxygens (including phenoxy) is 2. The number of carbonyl (C=O) groups excluding carboxylic acids is 1. The standard InChI is InChI=1S/C15H20N2O4S/c1-10(2)6-7-19-11(3)15(18)20-9-13-16-14(17-21-13)12-5-4-8-22-12/h4-5,8,10-11H,6-7,9H2,1-3H3. The fraction of sp³-hybridized carbons (Fsp3) is 0.533. The Kier molecular flexibility index (Phi) is 6.09. The molecule has 0 aromatic carbocycles. The molecule has 2 aromatic heterocycles. The number of hydrogen-bond acceptors (Lipinski definition) is 7. The van der Waals surface area contributed by atoms with E-state index in [1.165, 1.54) is 11.3 Å². The zero-order chi connectivity index (χ0) is 15.9. The Bertz CT molecular complexity index is 580. The van der Waals surface area contributed by atoms with Crippen LogP contribution < -0.4 is 0 Å². The van der Waals surface area contributed by atoms with Crippen molar-refractivity contribution in [2.45, 2.75) is 39.9 Å². The van der Waals surface area contributed by atoms with Crippen LogP contribution in [0, 0.1) is 5.92 Å². The van der Waals surface area contributed by atoms with Gasteiger partial charge in [-0.3, -0.25) is 0 Å². The molecule has 0 fully saturated rings. The van der Waals surface area contributed by atoms with Gasteiger partial charge in [0.2, 0.25) is 5.82 Å². The highest BCUT2D eigenvalue weighted by Crippen LogP contribution is 2.21. The quantitative estimate of drug-likeness (QED) is 0.694. The van der Waals surface area contributed by atoms with Gasteiger partial charge in [-0.2, -0.15) is 4.98 Å². The Balaban J connectivity index is 1.76. The van der Waals surface area contributed by atoms with Gasteiger partial charge in [0.15, 0.2) is 12.7 Å². The molecule has 0 amide bonds. The van der Waals surface area contributed by atoms with Crippen LogP contribution in [0.1, 0.15) is 33.1 Å². The van der Waals surface area contributed by atoms with Crippen molar-refractivity contribution >= 4 is 17.3 Å². The molecule has 1 atom stereocenters. The van der Waals surface area contributed by atoms with E-state index in [0.717, 1.165) is 11.3 Å². The largest absolute Gasteiger partial charge is 0.454 e. The molecule has 0 spiro atoms. The molecule has 2 aromatic rings. The van der Waals surface area contributed by atoms with Crippen molar-refractivity contribution in [2.75, 3.05) is 6.61 Å². The fourth-order valence-electron chi connectivity index (χ4n) is 1.62. The van der Waals surface area contributed by atoms with Crippen LogP contribution in [-0.2, 0) is 20.9 Å². The van der Waals surface area contributed by atoms with Gasteiger partial charge in [0.05, 0.1) is 4.88 Å². The summed E-state index contributed by atoms with van der Waals surface area (Å²) < 4.78 is 15.6. The third kappa shape index (κ3) is 4.92. The fourth-order valence-corrected chi connectivity index (χ4v) is 2.27. The Morgan fingerprint density at radius 2 is 2.23 bits per heavy atom. The highest BCUT2D eigenvalue weighted by molar-refractivity contribution is 7.13. The van der Waals surface area contributed by atoms with Crippen LogP contribution in [0.2, 0.25) is 0 Å². The Labute approximate surface area is 133 Å². The Morgan fingerprint density at radius 3 is 2.91 bits per heavy atom. The molecule has 120 valence electrons. The van der Waals surface area contributed by atoms with Crippen LogP contribution in [0.25, 0.3) is 10.7 Å². The monoisotopic (exact) mass is 324 g/mol. The third-order valence-corrected chi connectivity index (χ3v) is 3.81. The van der Waals surface area contributed by atoms with E-state index in [-0.39, 0.29) is 12.5 Å². The molecule has 2 rings (SSSR count).